The molecule has 1 fully saturated rings. The van der Waals surface area contributed by atoms with E-state index in [1.54, 1.807) is 13.2 Å². The normalized spacial score (nSPS) is 14.5. The van der Waals surface area contributed by atoms with E-state index in [2.05, 4.69) is 11.8 Å². The fourth-order valence-corrected chi connectivity index (χ4v) is 4.16. The molecule has 0 N–H and O–H groups in total. The van der Waals surface area contributed by atoms with Crippen LogP contribution < -0.4 is 9.64 Å². The maximum Gasteiger partial charge on any atom is 0.250 e. The first-order chi connectivity index (χ1) is 15.0. The van der Waals surface area contributed by atoms with Crippen LogP contribution in [0.15, 0.2) is 42.5 Å². The number of hydrogen-bond acceptors (Lipinski definition) is 4. The Morgan fingerprint density at radius 1 is 1.23 bits per heavy atom. The smallest absolute Gasteiger partial charge is 0.250 e. The van der Waals surface area contributed by atoms with E-state index in [4.69, 9.17) is 26.4 Å². The van der Waals surface area contributed by atoms with Crippen molar-refractivity contribution in [3.63, 3.8) is 0 Å². The number of ether oxygens (including phenoxy) is 1. The van der Waals surface area contributed by atoms with Crippen LogP contribution >= 0.6 is 11.6 Å². The SMILES string of the molecule is CCCn1nc(N(c2ccc(OC)cc2Cl)[C@@H](CC2CC2)c2ccc(F)cc2)nc1C. The number of halogens is 2. The molecular formula is C24H28ClFN4O. The molecule has 2 aromatic carbocycles. The second kappa shape index (κ2) is 9.27. The minimum absolute atomic E-state index is 0.0594. The third kappa shape index (κ3) is 4.85. The maximum absolute atomic E-state index is 13.7. The average molecular weight is 443 g/mol. The van der Waals surface area contributed by atoms with E-state index in [9.17, 15) is 4.39 Å². The van der Waals surface area contributed by atoms with Crippen LogP contribution in [-0.2, 0) is 6.54 Å². The van der Waals surface area contributed by atoms with Crippen LogP contribution in [0.1, 0.15) is 50.0 Å². The van der Waals surface area contributed by atoms with Crippen LogP contribution in [-0.4, -0.2) is 21.9 Å². The van der Waals surface area contributed by atoms with Gasteiger partial charge in [0.15, 0.2) is 0 Å². The summed E-state index contributed by atoms with van der Waals surface area (Å²) in [7, 11) is 1.62. The summed E-state index contributed by atoms with van der Waals surface area (Å²) >= 11 is 6.73. The second-order valence-corrected chi connectivity index (χ2v) is 8.52. The Morgan fingerprint density at radius 3 is 2.58 bits per heavy atom. The molecule has 0 unspecified atom stereocenters. The number of anilines is 2. The second-order valence-electron chi connectivity index (χ2n) is 8.12. The van der Waals surface area contributed by atoms with Gasteiger partial charge in [0.1, 0.15) is 17.4 Å². The van der Waals surface area contributed by atoms with Crippen molar-refractivity contribution in [2.24, 2.45) is 5.92 Å². The molecule has 5 nitrogen and oxygen atoms in total. The minimum atomic E-state index is -0.246. The molecule has 0 saturated heterocycles. The molecule has 0 aliphatic heterocycles. The molecule has 3 aromatic rings. The monoisotopic (exact) mass is 442 g/mol. The van der Waals surface area contributed by atoms with Crippen LogP contribution in [0, 0.1) is 18.7 Å². The molecule has 1 aromatic heterocycles. The fraction of sp³-hybridized carbons (Fsp3) is 0.417. The lowest BCUT2D eigenvalue weighted by molar-refractivity contribution is 0.415. The average Bonchev–Trinajstić information content (AvgIpc) is 3.51. The molecule has 1 heterocycles. The van der Waals surface area contributed by atoms with Crippen molar-refractivity contribution in [3.05, 3.63) is 64.7 Å². The predicted molar refractivity (Wildman–Crippen MR) is 122 cm³/mol. The van der Waals surface area contributed by atoms with Gasteiger partial charge in [0.25, 0.3) is 0 Å². The van der Waals surface area contributed by atoms with Crippen molar-refractivity contribution in [1.82, 2.24) is 14.8 Å². The Hall–Kier alpha value is -2.60. The lowest BCUT2D eigenvalue weighted by Gasteiger charge is -2.32. The van der Waals surface area contributed by atoms with Gasteiger partial charge in [0.2, 0.25) is 5.95 Å². The highest BCUT2D eigenvalue weighted by Gasteiger charge is 2.33. The Labute approximate surface area is 187 Å². The number of hydrogen-bond donors (Lipinski definition) is 0. The predicted octanol–water partition coefficient (Wildman–Crippen LogP) is 6.48. The lowest BCUT2D eigenvalue weighted by Crippen LogP contribution is -2.26. The van der Waals surface area contributed by atoms with Gasteiger partial charge in [0, 0.05) is 12.6 Å². The topological polar surface area (TPSA) is 43.2 Å². The first-order valence-corrected chi connectivity index (χ1v) is 11.2. The fourth-order valence-electron chi connectivity index (χ4n) is 3.90. The summed E-state index contributed by atoms with van der Waals surface area (Å²) in [4.78, 5) is 6.90. The van der Waals surface area contributed by atoms with Gasteiger partial charge in [-0.1, -0.05) is 43.5 Å². The molecular weight excluding hydrogens is 415 g/mol. The van der Waals surface area contributed by atoms with Gasteiger partial charge in [-0.15, -0.1) is 5.10 Å². The van der Waals surface area contributed by atoms with E-state index in [-0.39, 0.29) is 11.9 Å². The number of benzene rings is 2. The van der Waals surface area contributed by atoms with Gasteiger partial charge >= 0.3 is 0 Å². The van der Waals surface area contributed by atoms with Crippen molar-refractivity contribution >= 4 is 23.2 Å². The van der Waals surface area contributed by atoms with Gasteiger partial charge in [0.05, 0.1) is 23.9 Å². The van der Waals surface area contributed by atoms with E-state index in [1.807, 2.05) is 35.9 Å². The molecule has 164 valence electrons. The zero-order chi connectivity index (χ0) is 22.0. The highest BCUT2D eigenvalue weighted by Crippen LogP contribution is 2.45. The van der Waals surface area contributed by atoms with Crippen molar-refractivity contribution in [1.29, 1.82) is 0 Å². The van der Waals surface area contributed by atoms with Crippen LogP contribution in [0.25, 0.3) is 0 Å². The third-order valence-corrected chi connectivity index (χ3v) is 6.03. The first-order valence-electron chi connectivity index (χ1n) is 10.8. The molecule has 7 heteroatoms. The molecule has 1 saturated carbocycles. The molecule has 0 amide bonds. The molecule has 0 bridgehead atoms. The standard InChI is InChI=1S/C24H28ClFN4O/c1-4-13-29-16(2)27-24(28-29)30(22-12-11-20(31-3)15-21(22)25)23(14-17-5-6-17)18-7-9-19(26)10-8-18/h7-12,15,17,23H,4-6,13-14H2,1-3H3/t23-/m0/s1. The van der Waals surface area contributed by atoms with Crippen molar-refractivity contribution < 1.29 is 9.13 Å². The Balaban J connectivity index is 1.85. The molecule has 31 heavy (non-hydrogen) atoms. The van der Waals surface area contributed by atoms with Gasteiger partial charge in [-0.25, -0.2) is 9.07 Å². The van der Waals surface area contributed by atoms with Gasteiger partial charge in [-0.05, 0) is 55.5 Å². The van der Waals surface area contributed by atoms with E-state index in [1.165, 1.54) is 25.0 Å². The summed E-state index contributed by atoms with van der Waals surface area (Å²) in [5.74, 6) is 2.54. The maximum atomic E-state index is 13.7. The van der Waals surface area contributed by atoms with E-state index < -0.39 is 0 Å². The van der Waals surface area contributed by atoms with Gasteiger partial charge in [-0.3, -0.25) is 0 Å². The molecule has 0 spiro atoms. The molecule has 1 aliphatic carbocycles. The third-order valence-electron chi connectivity index (χ3n) is 5.73. The number of aromatic nitrogens is 3. The number of rotatable bonds is 9. The Bertz CT molecular complexity index is 1030. The van der Waals surface area contributed by atoms with E-state index in [0.29, 0.717) is 22.6 Å². The highest BCUT2D eigenvalue weighted by atomic mass is 35.5. The lowest BCUT2D eigenvalue weighted by atomic mass is 9.98. The highest BCUT2D eigenvalue weighted by molar-refractivity contribution is 6.33. The molecule has 1 atom stereocenters. The van der Waals surface area contributed by atoms with Crippen molar-refractivity contribution in [2.45, 2.75) is 52.1 Å². The van der Waals surface area contributed by atoms with Crippen LogP contribution in [0.3, 0.4) is 0 Å². The van der Waals surface area contributed by atoms with Gasteiger partial charge < -0.3 is 9.64 Å². The summed E-state index contributed by atoms with van der Waals surface area (Å²) in [6, 6.07) is 12.3. The largest absolute Gasteiger partial charge is 0.497 e. The zero-order valence-corrected chi connectivity index (χ0v) is 18.9. The summed E-state index contributed by atoms with van der Waals surface area (Å²) in [5.41, 5.74) is 1.83. The van der Waals surface area contributed by atoms with E-state index in [0.717, 1.165) is 36.5 Å². The summed E-state index contributed by atoms with van der Waals surface area (Å²) in [6.07, 6.45) is 4.31. The Morgan fingerprint density at radius 2 is 1.97 bits per heavy atom. The summed E-state index contributed by atoms with van der Waals surface area (Å²) in [6.45, 7) is 4.88. The molecule has 1 aliphatic rings. The molecule has 0 radical (unpaired) electrons. The quantitative estimate of drug-likeness (QED) is 0.380. The van der Waals surface area contributed by atoms with E-state index >= 15 is 0 Å². The van der Waals surface area contributed by atoms with Crippen LogP contribution in [0.4, 0.5) is 16.0 Å². The van der Waals surface area contributed by atoms with Crippen LogP contribution in [0.2, 0.25) is 5.02 Å². The number of aryl methyl sites for hydroxylation is 2. The Kier molecular flexibility index (Phi) is 6.46. The molecule has 4 rings (SSSR count). The zero-order valence-electron chi connectivity index (χ0n) is 18.2. The summed E-state index contributed by atoms with van der Waals surface area (Å²) < 4.78 is 21.0. The van der Waals surface area contributed by atoms with Crippen molar-refractivity contribution in [2.75, 3.05) is 12.0 Å². The minimum Gasteiger partial charge on any atom is -0.497 e. The first kappa shape index (κ1) is 21.6. The van der Waals surface area contributed by atoms with Gasteiger partial charge in [-0.2, -0.15) is 4.98 Å². The summed E-state index contributed by atoms with van der Waals surface area (Å²) in [5, 5.41) is 5.38. The number of methoxy groups -OCH3 is 1. The van der Waals surface area contributed by atoms with Crippen molar-refractivity contribution in [3.8, 4) is 5.75 Å². The van der Waals surface area contributed by atoms with Crippen LogP contribution in [0.5, 0.6) is 5.75 Å². The number of nitrogens with zero attached hydrogens (tertiary/aromatic N) is 4.